The quantitative estimate of drug-likeness (QED) is 0.887. The Morgan fingerprint density at radius 3 is 2.94 bits per heavy atom. The molecule has 2 nitrogen and oxygen atoms in total. The molecule has 0 heterocycles. The van der Waals surface area contributed by atoms with Gasteiger partial charge in [-0.1, -0.05) is 27.5 Å². The number of anilines is 1. The molecule has 4 heteroatoms. The number of ether oxygens (including phenoxy) is 1. The summed E-state index contributed by atoms with van der Waals surface area (Å²) >= 11 is 9.61. The van der Waals surface area contributed by atoms with Crippen LogP contribution < -0.4 is 5.32 Å². The minimum absolute atomic E-state index is 0.385. The molecule has 1 aromatic rings. The lowest BCUT2D eigenvalue weighted by atomic mass is 9.92. The Kier molecular flexibility index (Phi) is 4.71. The van der Waals surface area contributed by atoms with Crippen molar-refractivity contribution in [3.8, 4) is 0 Å². The lowest BCUT2D eigenvalue weighted by Crippen LogP contribution is -2.31. The van der Waals surface area contributed by atoms with E-state index in [1.807, 2.05) is 18.2 Å². The van der Waals surface area contributed by atoms with E-state index in [2.05, 4.69) is 21.2 Å². The molecule has 2 rings (SSSR count). The molecule has 1 aromatic carbocycles. The molecule has 1 aliphatic rings. The van der Waals surface area contributed by atoms with Gasteiger partial charge in [-0.15, -0.1) is 0 Å². The SMILES string of the molecule is COC1CCCC(Nc2ccc(Br)cc2Cl)C1. The lowest BCUT2D eigenvalue weighted by molar-refractivity contribution is 0.0669. The standard InChI is InChI=1S/C13H17BrClNO/c1-17-11-4-2-3-10(8-11)16-13-6-5-9(14)7-12(13)15/h5-7,10-11,16H,2-4,8H2,1H3. The van der Waals surface area contributed by atoms with Crippen molar-refractivity contribution < 1.29 is 4.74 Å². The van der Waals surface area contributed by atoms with Crippen LogP contribution in [0.25, 0.3) is 0 Å². The highest BCUT2D eigenvalue weighted by molar-refractivity contribution is 9.10. The van der Waals surface area contributed by atoms with Crippen LogP contribution in [0.4, 0.5) is 5.69 Å². The van der Waals surface area contributed by atoms with Crippen LogP contribution in [-0.2, 0) is 4.74 Å². The average molecular weight is 319 g/mol. The topological polar surface area (TPSA) is 21.3 Å². The summed E-state index contributed by atoms with van der Waals surface area (Å²) in [6.45, 7) is 0. The van der Waals surface area contributed by atoms with Gasteiger partial charge >= 0.3 is 0 Å². The number of rotatable bonds is 3. The van der Waals surface area contributed by atoms with E-state index < -0.39 is 0 Å². The normalized spacial score (nSPS) is 24.6. The Bertz CT molecular complexity index is 386. The molecular formula is C13H17BrClNO. The maximum absolute atomic E-state index is 6.20. The summed E-state index contributed by atoms with van der Waals surface area (Å²) in [7, 11) is 1.79. The number of nitrogens with one attached hydrogen (secondary N) is 1. The van der Waals surface area contributed by atoms with Crippen LogP contribution in [0.2, 0.25) is 5.02 Å². The zero-order valence-corrected chi connectivity index (χ0v) is 12.2. The molecule has 0 saturated heterocycles. The maximum atomic E-state index is 6.20. The molecule has 1 saturated carbocycles. The monoisotopic (exact) mass is 317 g/mol. The van der Waals surface area contributed by atoms with Crippen LogP contribution in [0.5, 0.6) is 0 Å². The Balaban J connectivity index is 2.00. The van der Waals surface area contributed by atoms with Gasteiger partial charge in [0.2, 0.25) is 0 Å². The number of halogens is 2. The molecule has 2 unspecified atom stereocenters. The van der Waals surface area contributed by atoms with E-state index in [0.717, 1.165) is 21.6 Å². The molecule has 2 atom stereocenters. The van der Waals surface area contributed by atoms with Crippen molar-refractivity contribution >= 4 is 33.2 Å². The molecule has 1 aliphatic carbocycles. The largest absolute Gasteiger partial charge is 0.381 e. The number of methoxy groups -OCH3 is 1. The Hall–Kier alpha value is -0.250. The van der Waals surface area contributed by atoms with Crippen LogP contribution in [0, 0.1) is 0 Å². The highest BCUT2D eigenvalue weighted by Gasteiger charge is 2.21. The Morgan fingerprint density at radius 2 is 2.24 bits per heavy atom. The van der Waals surface area contributed by atoms with Crippen molar-refractivity contribution in [1.82, 2.24) is 0 Å². The first-order valence-electron chi connectivity index (χ1n) is 5.93. The molecular weight excluding hydrogens is 302 g/mol. The summed E-state index contributed by atoms with van der Waals surface area (Å²) < 4.78 is 6.43. The van der Waals surface area contributed by atoms with Crippen molar-refractivity contribution in [3.63, 3.8) is 0 Å². The van der Waals surface area contributed by atoms with E-state index in [1.54, 1.807) is 7.11 Å². The molecule has 0 bridgehead atoms. The van der Waals surface area contributed by atoms with Gasteiger partial charge in [-0.05, 0) is 43.9 Å². The molecule has 0 amide bonds. The molecule has 1 N–H and O–H groups in total. The third-order valence-corrected chi connectivity index (χ3v) is 4.06. The van der Waals surface area contributed by atoms with Gasteiger partial charge in [0, 0.05) is 17.6 Å². The highest BCUT2D eigenvalue weighted by Crippen LogP contribution is 2.29. The second-order valence-corrected chi connectivity index (χ2v) is 5.81. The summed E-state index contributed by atoms with van der Waals surface area (Å²) in [5.41, 5.74) is 1.01. The predicted octanol–water partition coefficient (Wildman–Crippen LogP) is 4.47. The molecule has 1 fully saturated rings. The van der Waals surface area contributed by atoms with Crippen LogP contribution in [-0.4, -0.2) is 19.3 Å². The maximum Gasteiger partial charge on any atom is 0.0648 e. The van der Waals surface area contributed by atoms with E-state index in [-0.39, 0.29) is 0 Å². The van der Waals surface area contributed by atoms with Crippen molar-refractivity contribution in [3.05, 3.63) is 27.7 Å². The first kappa shape index (κ1) is 13.2. The van der Waals surface area contributed by atoms with E-state index in [1.165, 1.54) is 19.3 Å². The van der Waals surface area contributed by atoms with Crippen molar-refractivity contribution in [2.75, 3.05) is 12.4 Å². The summed E-state index contributed by atoms with van der Waals surface area (Å²) in [6, 6.07) is 6.40. The van der Waals surface area contributed by atoms with E-state index in [0.29, 0.717) is 12.1 Å². The van der Waals surface area contributed by atoms with Gasteiger partial charge in [0.05, 0.1) is 16.8 Å². The fraction of sp³-hybridized carbons (Fsp3) is 0.538. The zero-order chi connectivity index (χ0) is 12.3. The fourth-order valence-electron chi connectivity index (χ4n) is 2.32. The van der Waals surface area contributed by atoms with Crippen LogP contribution in [0.3, 0.4) is 0 Å². The second-order valence-electron chi connectivity index (χ2n) is 4.49. The van der Waals surface area contributed by atoms with Crippen molar-refractivity contribution in [2.24, 2.45) is 0 Å². The van der Waals surface area contributed by atoms with E-state index in [9.17, 15) is 0 Å². The first-order chi connectivity index (χ1) is 8.19. The molecule has 0 radical (unpaired) electrons. The summed E-state index contributed by atoms with van der Waals surface area (Å²) in [4.78, 5) is 0. The molecule has 17 heavy (non-hydrogen) atoms. The lowest BCUT2D eigenvalue weighted by Gasteiger charge is -2.29. The molecule has 94 valence electrons. The fourth-order valence-corrected chi connectivity index (χ4v) is 3.04. The number of hydrogen-bond donors (Lipinski definition) is 1. The van der Waals surface area contributed by atoms with Crippen molar-refractivity contribution in [2.45, 2.75) is 37.8 Å². The Labute approximate surface area is 116 Å². The van der Waals surface area contributed by atoms with Gasteiger partial charge in [0.1, 0.15) is 0 Å². The van der Waals surface area contributed by atoms with E-state index >= 15 is 0 Å². The Morgan fingerprint density at radius 1 is 1.41 bits per heavy atom. The zero-order valence-electron chi connectivity index (χ0n) is 9.88. The predicted molar refractivity (Wildman–Crippen MR) is 75.8 cm³/mol. The highest BCUT2D eigenvalue weighted by atomic mass is 79.9. The molecule has 0 aromatic heterocycles. The van der Waals surface area contributed by atoms with Gasteiger partial charge in [0.15, 0.2) is 0 Å². The minimum Gasteiger partial charge on any atom is -0.381 e. The molecule has 0 aliphatic heterocycles. The summed E-state index contributed by atoms with van der Waals surface area (Å²) in [5, 5.41) is 4.27. The third-order valence-electron chi connectivity index (χ3n) is 3.25. The van der Waals surface area contributed by atoms with Crippen LogP contribution >= 0.6 is 27.5 Å². The number of hydrogen-bond acceptors (Lipinski definition) is 2. The van der Waals surface area contributed by atoms with E-state index in [4.69, 9.17) is 16.3 Å². The third kappa shape index (κ3) is 3.60. The second kappa shape index (κ2) is 6.07. The molecule has 0 spiro atoms. The smallest absolute Gasteiger partial charge is 0.0648 e. The van der Waals surface area contributed by atoms with Gasteiger partial charge in [-0.2, -0.15) is 0 Å². The van der Waals surface area contributed by atoms with Crippen LogP contribution in [0.1, 0.15) is 25.7 Å². The van der Waals surface area contributed by atoms with Gasteiger partial charge in [0.25, 0.3) is 0 Å². The van der Waals surface area contributed by atoms with Crippen LogP contribution in [0.15, 0.2) is 22.7 Å². The number of benzene rings is 1. The average Bonchev–Trinajstić information content (AvgIpc) is 2.33. The van der Waals surface area contributed by atoms with Gasteiger partial charge in [-0.25, -0.2) is 0 Å². The first-order valence-corrected chi connectivity index (χ1v) is 7.10. The summed E-state index contributed by atoms with van der Waals surface area (Å²) in [5.74, 6) is 0. The minimum atomic E-state index is 0.385. The van der Waals surface area contributed by atoms with Gasteiger partial charge in [-0.3, -0.25) is 0 Å². The van der Waals surface area contributed by atoms with Gasteiger partial charge < -0.3 is 10.1 Å². The summed E-state index contributed by atoms with van der Waals surface area (Å²) in [6.07, 6.45) is 5.01. The van der Waals surface area contributed by atoms with Crippen molar-refractivity contribution in [1.29, 1.82) is 0 Å².